The van der Waals surface area contributed by atoms with Gasteiger partial charge in [0.2, 0.25) is 5.91 Å². The van der Waals surface area contributed by atoms with Gasteiger partial charge in [-0.25, -0.2) is 0 Å². The van der Waals surface area contributed by atoms with Crippen molar-refractivity contribution in [2.75, 3.05) is 18.9 Å². The van der Waals surface area contributed by atoms with Crippen LogP contribution in [0.15, 0.2) is 53.4 Å². The lowest BCUT2D eigenvalue weighted by molar-refractivity contribution is -0.120. The van der Waals surface area contributed by atoms with E-state index in [0.717, 1.165) is 11.5 Å². The van der Waals surface area contributed by atoms with Crippen LogP contribution in [0, 0.1) is 6.92 Å². The maximum atomic E-state index is 12.1. The Morgan fingerprint density at radius 1 is 1.00 bits per heavy atom. The van der Waals surface area contributed by atoms with Crippen LogP contribution in [0.25, 0.3) is 0 Å². The van der Waals surface area contributed by atoms with Crippen molar-refractivity contribution in [1.82, 2.24) is 5.32 Å². The molecule has 0 saturated heterocycles. The van der Waals surface area contributed by atoms with Crippen molar-refractivity contribution in [3.63, 3.8) is 0 Å². The fourth-order valence-electron chi connectivity index (χ4n) is 2.36. The normalized spacial score (nSPS) is 10.4. The Labute approximate surface area is 159 Å². The second-order valence-electron chi connectivity index (χ2n) is 5.89. The summed E-state index contributed by atoms with van der Waals surface area (Å²) in [7, 11) is 0. The van der Waals surface area contributed by atoms with Crippen LogP contribution in [-0.2, 0) is 4.79 Å². The Morgan fingerprint density at radius 3 is 2.35 bits per heavy atom. The Balaban J connectivity index is 1.64. The first-order valence-corrected chi connectivity index (χ1v) is 9.79. The van der Waals surface area contributed by atoms with Gasteiger partial charge in [0.15, 0.2) is 5.78 Å². The van der Waals surface area contributed by atoms with E-state index in [4.69, 9.17) is 4.74 Å². The van der Waals surface area contributed by atoms with Crippen LogP contribution < -0.4 is 10.1 Å². The molecule has 0 aliphatic rings. The predicted molar refractivity (Wildman–Crippen MR) is 106 cm³/mol. The van der Waals surface area contributed by atoms with E-state index in [-0.39, 0.29) is 24.5 Å². The van der Waals surface area contributed by atoms with E-state index in [0.29, 0.717) is 18.7 Å². The fourth-order valence-corrected chi connectivity index (χ4v) is 3.13. The van der Waals surface area contributed by atoms with Crippen molar-refractivity contribution in [2.45, 2.75) is 31.6 Å². The molecule has 2 rings (SSSR count). The Hall–Kier alpha value is -2.27. The summed E-state index contributed by atoms with van der Waals surface area (Å²) in [5.74, 6) is 1.43. The molecule has 0 unspecified atom stereocenters. The van der Waals surface area contributed by atoms with Gasteiger partial charge in [-0.3, -0.25) is 9.59 Å². The molecule has 0 aliphatic carbocycles. The molecule has 0 fully saturated rings. The van der Waals surface area contributed by atoms with E-state index in [1.165, 1.54) is 10.5 Å². The predicted octanol–water partition coefficient (Wildman–Crippen LogP) is 4.27. The van der Waals surface area contributed by atoms with Crippen LogP contribution in [0.2, 0.25) is 0 Å². The summed E-state index contributed by atoms with van der Waals surface area (Å²) >= 11 is 1.70. The van der Waals surface area contributed by atoms with Crippen LogP contribution in [-0.4, -0.2) is 30.6 Å². The van der Waals surface area contributed by atoms with E-state index >= 15 is 0 Å². The topological polar surface area (TPSA) is 55.4 Å². The number of hydrogen-bond acceptors (Lipinski definition) is 4. The number of benzene rings is 2. The van der Waals surface area contributed by atoms with Crippen molar-refractivity contribution in [3.8, 4) is 5.75 Å². The molecule has 0 atom stereocenters. The number of carbonyl (C=O) groups is 2. The molecule has 0 saturated carbocycles. The minimum absolute atomic E-state index is 0.0303. The molecule has 2 aromatic rings. The maximum Gasteiger partial charge on any atom is 0.220 e. The standard InChI is InChI=1S/C21H25NO3S/c1-3-25-18-8-6-17(7-9-18)20(23)12-13-21(24)22-14-15-26-19-10-4-16(2)5-11-19/h4-11H,3,12-15H2,1-2H3,(H,22,24). The number of amides is 1. The molecular weight excluding hydrogens is 346 g/mol. The number of ketones is 1. The van der Waals surface area contributed by atoms with Crippen LogP contribution >= 0.6 is 11.8 Å². The molecule has 1 amide bonds. The molecule has 0 aromatic heterocycles. The molecule has 26 heavy (non-hydrogen) atoms. The molecular formula is C21H25NO3S. The van der Waals surface area contributed by atoms with Crippen molar-refractivity contribution in [3.05, 3.63) is 59.7 Å². The lowest BCUT2D eigenvalue weighted by Gasteiger charge is -2.06. The number of ether oxygens (including phenoxy) is 1. The quantitative estimate of drug-likeness (QED) is 0.385. The first kappa shape index (κ1) is 20.0. The fraction of sp³-hybridized carbons (Fsp3) is 0.333. The third-order valence-electron chi connectivity index (χ3n) is 3.78. The first-order chi connectivity index (χ1) is 12.6. The highest BCUT2D eigenvalue weighted by atomic mass is 32.2. The van der Waals surface area contributed by atoms with Gasteiger partial charge in [0, 0.05) is 35.6 Å². The Kier molecular flexibility index (Phi) is 8.22. The largest absolute Gasteiger partial charge is 0.494 e. The van der Waals surface area contributed by atoms with E-state index in [9.17, 15) is 9.59 Å². The highest BCUT2D eigenvalue weighted by Crippen LogP contribution is 2.17. The van der Waals surface area contributed by atoms with Crippen molar-refractivity contribution in [1.29, 1.82) is 0 Å². The van der Waals surface area contributed by atoms with Crippen LogP contribution in [0.4, 0.5) is 0 Å². The van der Waals surface area contributed by atoms with Crippen molar-refractivity contribution < 1.29 is 14.3 Å². The summed E-state index contributed by atoms with van der Waals surface area (Å²) in [4.78, 5) is 25.2. The Bertz CT molecular complexity index is 711. The zero-order chi connectivity index (χ0) is 18.8. The molecule has 0 spiro atoms. The molecule has 0 heterocycles. The lowest BCUT2D eigenvalue weighted by Crippen LogP contribution is -2.26. The summed E-state index contributed by atoms with van der Waals surface area (Å²) < 4.78 is 5.35. The van der Waals surface area contributed by atoms with Crippen LogP contribution in [0.3, 0.4) is 0 Å². The van der Waals surface area contributed by atoms with Gasteiger partial charge in [0.25, 0.3) is 0 Å². The summed E-state index contributed by atoms with van der Waals surface area (Å²) in [5, 5.41) is 2.86. The molecule has 0 bridgehead atoms. The second-order valence-corrected chi connectivity index (χ2v) is 7.06. The second kappa shape index (κ2) is 10.7. The third kappa shape index (κ3) is 6.92. The monoisotopic (exact) mass is 371 g/mol. The van der Waals surface area contributed by atoms with Gasteiger partial charge >= 0.3 is 0 Å². The Morgan fingerprint density at radius 2 is 1.69 bits per heavy atom. The number of rotatable bonds is 10. The van der Waals surface area contributed by atoms with E-state index in [2.05, 4.69) is 36.5 Å². The van der Waals surface area contributed by atoms with Gasteiger partial charge in [-0.1, -0.05) is 17.7 Å². The molecule has 0 aliphatic heterocycles. The first-order valence-electron chi connectivity index (χ1n) is 8.80. The number of aryl methyl sites for hydroxylation is 1. The van der Waals surface area contributed by atoms with Gasteiger partial charge in [-0.2, -0.15) is 0 Å². The van der Waals surface area contributed by atoms with Gasteiger partial charge in [0.1, 0.15) is 5.75 Å². The minimum Gasteiger partial charge on any atom is -0.494 e. The van der Waals surface area contributed by atoms with Crippen molar-refractivity contribution in [2.24, 2.45) is 0 Å². The average molecular weight is 372 g/mol. The number of Topliss-reactive ketones (excluding diaryl/α,β-unsaturated/α-hetero) is 1. The SMILES string of the molecule is CCOc1ccc(C(=O)CCC(=O)NCCSc2ccc(C)cc2)cc1. The maximum absolute atomic E-state index is 12.1. The molecule has 138 valence electrons. The zero-order valence-electron chi connectivity index (χ0n) is 15.3. The van der Waals surface area contributed by atoms with Crippen LogP contribution in [0.1, 0.15) is 35.7 Å². The van der Waals surface area contributed by atoms with Gasteiger partial charge in [-0.15, -0.1) is 11.8 Å². The third-order valence-corrected chi connectivity index (χ3v) is 4.79. The molecule has 0 radical (unpaired) electrons. The lowest BCUT2D eigenvalue weighted by atomic mass is 10.1. The number of nitrogens with one attached hydrogen (secondary N) is 1. The summed E-state index contributed by atoms with van der Waals surface area (Å²) in [5.41, 5.74) is 1.84. The number of carbonyl (C=O) groups excluding carboxylic acids is 2. The smallest absolute Gasteiger partial charge is 0.220 e. The summed E-state index contributed by atoms with van der Waals surface area (Å²) in [6.45, 7) is 5.16. The van der Waals surface area contributed by atoms with E-state index < -0.39 is 0 Å². The van der Waals surface area contributed by atoms with E-state index in [1.54, 1.807) is 36.0 Å². The molecule has 2 aromatic carbocycles. The minimum atomic E-state index is -0.0891. The average Bonchev–Trinajstić information content (AvgIpc) is 2.65. The van der Waals surface area contributed by atoms with Crippen molar-refractivity contribution >= 4 is 23.5 Å². The highest BCUT2D eigenvalue weighted by Gasteiger charge is 2.09. The van der Waals surface area contributed by atoms with E-state index in [1.807, 2.05) is 6.92 Å². The summed E-state index contributed by atoms with van der Waals surface area (Å²) in [6, 6.07) is 15.3. The summed E-state index contributed by atoms with van der Waals surface area (Å²) in [6.07, 6.45) is 0.423. The molecule has 4 nitrogen and oxygen atoms in total. The number of hydrogen-bond donors (Lipinski definition) is 1. The highest BCUT2D eigenvalue weighted by molar-refractivity contribution is 7.99. The number of thioether (sulfide) groups is 1. The van der Waals surface area contributed by atoms with Gasteiger partial charge in [-0.05, 0) is 50.2 Å². The van der Waals surface area contributed by atoms with Gasteiger partial charge < -0.3 is 10.1 Å². The molecule has 5 heteroatoms. The zero-order valence-corrected chi connectivity index (χ0v) is 16.1. The van der Waals surface area contributed by atoms with Gasteiger partial charge in [0.05, 0.1) is 6.61 Å². The molecule has 1 N–H and O–H groups in total. The van der Waals surface area contributed by atoms with Crippen LogP contribution in [0.5, 0.6) is 5.75 Å².